The van der Waals surface area contributed by atoms with Gasteiger partial charge in [0.2, 0.25) is 0 Å². The Labute approximate surface area is 99.6 Å². The fourth-order valence-corrected chi connectivity index (χ4v) is 1.63. The van der Waals surface area contributed by atoms with Crippen LogP contribution in [0.1, 0.15) is 19.3 Å². The van der Waals surface area contributed by atoms with Crippen molar-refractivity contribution in [2.45, 2.75) is 19.3 Å². The largest absolute Gasteiger partial charge is 0.424 e. The van der Waals surface area contributed by atoms with Crippen LogP contribution in [-0.2, 0) is 0 Å². The number of aliphatic hydroxyl groups is 1. The van der Waals surface area contributed by atoms with Crippen molar-refractivity contribution in [2.75, 3.05) is 24.2 Å². The maximum Gasteiger partial charge on any atom is 0.295 e. The molecule has 0 aliphatic heterocycles. The van der Waals surface area contributed by atoms with E-state index in [9.17, 15) is 0 Å². The number of fused-ring (bicyclic) bond motifs is 1. The van der Waals surface area contributed by atoms with Crippen LogP contribution in [0, 0.1) is 0 Å². The zero-order valence-electron chi connectivity index (χ0n) is 9.65. The van der Waals surface area contributed by atoms with Crippen LogP contribution in [-0.4, -0.2) is 23.2 Å². The van der Waals surface area contributed by atoms with Gasteiger partial charge in [0.15, 0.2) is 5.58 Å². The average molecular weight is 235 g/mol. The molecular weight excluding hydrogens is 218 g/mol. The molecule has 0 saturated carbocycles. The van der Waals surface area contributed by atoms with E-state index in [4.69, 9.17) is 15.3 Å². The molecule has 5 heteroatoms. The Kier molecular flexibility index (Phi) is 3.82. The smallest absolute Gasteiger partial charge is 0.295 e. The maximum atomic E-state index is 8.64. The molecule has 0 aliphatic rings. The minimum atomic E-state index is 0.252. The zero-order chi connectivity index (χ0) is 12.1. The molecule has 0 atom stereocenters. The fourth-order valence-electron chi connectivity index (χ4n) is 1.63. The van der Waals surface area contributed by atoms with Crippen LogP contribution in [0.5, 0.6) is 0 Å². The summed E-state index contributed by atoms with van der Waals surface area (Å²) in [5.74, 6) is 0. The molecule has 0 fully saturated rings. The van der Waals surface area contributed by atoms with E-state index in [1.165, 1.54) is 0 Å². The monoisotopic (exact) mass is 235 g/mol. The molecular formula is C12H17N3O2. The lowest BCUT2D eigenvalue weighted by Crippen LogP contribution is -2.01. The number of aliphatic hydroxyl groups excluding tert-OH is 1. The first kappa shape index (κ1) is 11.7. The summed E-state index contributed by atoms with van der Waals surface area (Å²) in [7, 11) is 0. The zero-order valence-corrected chi connectivity index (χ0v) is 9.65. The minimum Gasteiger partial charge on any atom is -0.424 e. The van der Waals surface area contributed by atoms with E-state index in [0.717, 1.165) is 36.9 Å². The molecule has 1 heterocycles. The molecule has 0 radical (unpaired) electrons. The van der Waals surface area contributed by atoms with Gasteiger partial charge in [-0.05, 0) is 37.5 Å². The summed E-state index contributed by atoms with van der Waals surface area (Å²) in [6.07, 6.45) is 2.82. The number of nitrogen functional groups attached to an aromatic ring is 1. The highest BCUT2D eigenvalue weighted by Crippen LogP contribution is 2.20. The highest BCUT2D eigenvalue weighted by Gasteiger charge is 2.04. The molecule has 92 valence electrons. The lowest BCUT2D eigenvalue weighted by Gasteiger charge is -1.99. The standard InChI is InChI=1S/C12H17N3O2/c13-9-4-5-11-10(8-9)15-12(17-11)14-6-2-1-3-7-16/h4-5,8,16H,1-3,6-7,13H2,(H,14,15). The number of hydrogen-bond donors (Lipinski definition) is 3. The summed E-state index contributed by atoms with van der Waals surface area (Å²) in [6.45, 7) is 1.05. The van der Waals surface area contributed by atoms with Gasteiger partial charge in [0.05, 0.1) is 0 Å². The molecule has 2 rings (SSSR count). The molecule has 0 amide bonds. The van der Waals surface area contributed by atoms with Crippen molar-refractivity contribution in [1.29, 1.82) is 0 Å². The van der Waals surface area contributed by atoms with Crippen LogP contribution in [0.2, 0.25) is 0 Å². The summed E-state index contributed by atoms with van der Waals surface area (Å²) in [5.41, 5.74) is 7.84. The van der Waals surface area contributed by atoms with Crippen molar-refractivity contribution in [1.82, 2.24) is 4.98 Å². The molecule has 0 unspecified atom stereocenters. The third-order valence-electron chi connectivity index (χ3n) is 2.52. The molecule has 0 saturated heterocycles. The third-order valence-corrected chi connectivity index (χ3v) is 2.52. The lowest BCUT2D eigenvalue weighted by atomic mass is 10.2. The molecule has 0 spiro atoms. The number of anilines is 2. The first-order chi connectivity index (χ1) is 8.29. The molecule has 4 N–H and O–H groups in total. The highest BCUT2D eigenvalue weighted by molar-refractivity contribution is 5.78. The van der Waals surface area contributed by atoms with E-state index in [1.807, 2.05) is 6.07 Å². The van der Waals surface area contributed by atoms with Crippen molar-refractivity contribution >= 4 is 22.8 Å². The van der Waals surface area contributed by atoms with Gasteiger partial charge in [-0.25, -0.2) is 0 Å². The Morgan fingerprint density at radius 3 is 3.00 bits per heavy atom. The Morgan fingerprint density at radius 1 is 1.29 bits per heavy atom. The first-order valence-electron chi connectivity index (χ1n) is 5.80. The normalized spacial score (nSPS) is 10.9. The van der Waals surface area contributed by atoms with Crippen molar-refractivity contribution < 1.29 is 9.52 Å². The minimum absolute atomic E-state index is 0.252. The molecule has 17 heavy (non-hydrogen) atoms. The summed E-state index contributed by atoms with van der Waals surface area (Å²) >= 11 is 0. The van der Waals surface area contributed by atoms with Crippen LogP contribution in [0.3, 0.4) is 0 Å². The number of rotatable bonds is 6. The SMILES string of the molecule is Nc1ccc2oc(NCCCCCO)nc2c1. The number of oxazole rings is 1. The van der Waals surface area contributed by atoms with Crippen LogP contribution in [0.15, 0.2) is 22.6 Å². The van der Waals surface area contributed by atoms with Crippen molar-refractivity contribution in [3.8, 4) is 0 Å². The predicted molar refractivity (Wildman–Crippen MR) is 67.8 cm³/mol. The van der Waals surface area contributed by atoms with Crippen LogP contribution >= 0.6 is 0 Å². The van der Waals surface area contributed by atoms with Crippen LogP contribution < -0.4 is 11.1 Å². The second-order valence-corrected chi connectivity index (χ2v) is 3.96. The molecule has 1 aromatic carbocycles. The van der Waals surface area contributed by atoms with Crippen LogP contribution in [0.25, 0.3) is 11.1 Å². The van der Waals surface area contributed by atoms with E-state index < -0.39 is 0 Å². The number of nitrogens with zero attached hydrogens (tertiary/aromatic N) is 1. The van der Waals surface area contributed by atoms with Crippen molar-refractivity contribution in [2.24, 2.45) is 0 Å². The molecule has 2 aromatic rings. The van der Waals surface area contributed by atoms with Crippen LogP contribution in [0.4, 0.5) is 11.7 Å². The van der Waals surface area contributed by atoms with E-state index in [-0.39, 0.29) is 6.61 Å². The predicted octanol–water partition coefficient (Wildman–Crippen LogP) is 1.98. The Bertz CT molecular complexity index is 482. The molecule has 0 aliphatic carbocycles. The van der Waals surface area contributed by atoms with Crippen molar-refractivity contribution in [3.63, 3.8) is 0 Å². The summed E-state index contributed by atoms with van der Waals surface area (Å²) in [5, 5.41) is 11.8. The van der Waals surface area contributed by atoms with Gasteiger partial charge >= 0.3 is 0 Å². The van der Waals surface area contributed by atoms with Gasteiger partial charge in [0.1, 0.15) is 5.52 Å². The van der Waals surface area contributed by atoms with E-state index in [2.05, 4.69) is 10.3 Å². The Balaban J connectivity index is 1.91. The Morgan fingerprint density at radius 2 is 2.18 bits per heavy atom. The number of nitrogens with one attached hydrogen (secondary N) is 1. The number of benzene rings is 1. The van der Waals surface area contributed by atoms with Gasteiger partial charge in [0, 0.05) is 18.8 Å². The van der Waals surface area contributed by atoms with E-state index in [0.29, 0.717) is 11.7 Å². The molecule has 1 aromatic heterocycles. The molecule has 0 bridgehead atoms. The van der Waals surface area contributed by atoms with Gasteiger partial charge in [-0.3, -0.25) is 0 Å². The van der Waals surface area contributed by atoms with E-state index in [1.54, 1.807) is 12.1 Å². The number of unbranched alkanes of at least 4 members (excludes halogenated alkanes) is 2. The number of nitrogens with two attached hydrogens (primary N) is 1. The lowest BCUT2D eigenvalue weighted by molar-refractivity contribution is 0.283. The number of aromatic nitrogens is 1. The van der Waals surface area contributed by atoms with E-state index >= 15 is 0 Å². The summed E-state index contributed by atoms with van der Waals surface area (Å²) in [6, 6.07) is 5.91. The maximum absolute atomic E-state index is 8.64. The second-order valence-electron chi connectivity index (χ2n) is 3.96. The third kappa shape index (κ3) is 3.10. The second kappa shape index (κ2) is 5.54. The van der Waals surface area contributed by atoms with Gasteiger partial charge in [-0.15, -0.1) is 0 Å². The molecule has 5 nitrogen and oxygen atoms in total. The van der Waals surface area contributed by atoms with Gasteiger partial charge < -0.3 is 20.6 Å². The fraction of sp³-hybridized carbons (Fsp3) is 0.417. The summed E-state index contributed by atoms with van der Waals surface area (Å²) in [4.78, 5) is 4.28. The average Bonchev–Trinajstić information content (AvgIpc) is 2.70. The summed E-state index contributed by atoms with van der Waals surface area (Å²) < 4.78 is 5.50. The number of hydrogen-bond acceptors (Lipinski definition) is 5. The van der Waals surface area contributed by atoms with Gasteiger partial charge in [-0.1, -0.05) is 0 Å². The highest BCUT2D eigenvalue weighted by atomic mass is 16.4. The van der Waals surface area contributed by atoms with Gasteiger partial charge in [-0.2, -0.15) is 4.98 Å². The van der Waals surface area contributed by atoms with Crippen molar-refractivity contribution in [3.05, 3.63) is 18.2 Å². The Hall–Kier alpha value is -1.75. The topological polar surface area (TPSA) is 84.3 Å². The van der Waals surface area contributed by atoms with Gasteiger partial charge in [0.25, 0.3) is 6.01 Å². The quantitative estimate of drug-likeness (QED) is 0.526. The first-order valence-corrected chi connectivity index (χ1v) is 5.80.